The Labute approximate surface area is 229 Å². The van der Waals surface area contributed by atoms with Crippen LogP contribution in [0.4, 0.5) is 0 Å². The van der Waals surface area contributed by atoms with Crippen molar-refractivity contribution in [1.29, 1.82) is 0 Å². The van der Waals surface area contributed by atoms with Crippen LogP contribution in [0.1, 0.15) is 73.6 Å². The molecule has 1 spiro atoms. The maximum Gasteiger partial charge on any atom is 0.248 e. The van der Waals surface area contributed by atoms with Crippen LogP contribution in [0.2, 0.25) is 0 Å². The summed E-state index contributed by atoms with van der Waals surface area (Å²) < 4.78 is 6.80. The second-order valence-electron chi connectivity index (χ2n) is 12.0. The molecule has 0 aromatic rings. The normalized spacial score (nSPS) is 31.3. The third-order valence-corrected chi connectivity index (χ3v) is 9.03. The molecule has 3 amide bonds. The number of aliphatic hydroxyl groups excluding tert-OH is 1. The van der Waals surface area contributed by atoms with Crippen molar-refractivity contribution >= 4 is 17.7 Å². The first-order valence-corrected chi connectivity index (χ1v) is 14.4. The van der Waals surface area contributed by atoms with Crippen molar-refractivity contribution in [2.24, 2.45) is 17.8 Å². The van der Waals surface area contributed by atoms with Crippen molar-refractivity contribution < 1.29 is 24.2 Å². The van der Waals surface area contributed by atoms with Crippen LogP contribution in [0.25, 0.3) is 0 Å². The summed E-state index contributed by atoms with van der Waals surface area (Å²) in [5, 5.41) is 10.4. The minimum absolute atomic E-state index is 0.0521. The zero-order chi connectivity index (χ0) is 28.4. The van der Waals surface area contributed by atoms with E-state index in [2.05, 4.69) is 20.1 Å². The van der Waals surface area contributed by atoms with Gasteiger partial charge in [-0.2, -0.15) is 0 Å². The minimum atomic E-state index is -1.11. The van der Waals surface area contributed by atoms with Gasteiger partial charge in [0.25, 0.3) is 0 Å². The number of hydrogen-bond acceptors (Lipinski definition) is 5. The smallest absolute Gasteiger partial charge is 0.248 e. The van der Waals surface area contributed by atoms with Gasteiger partial charge >= 0.3 is 0 Å². The number of nitrogens with zero attached hydrogens (tertiary/aromatic N) is 3. The lowest BCUT2D eigenvalue weighted by molar-refractivity contribution is -0.158. The predicted octanol–water partition coefficient (Wildman–Crippen LogP) is 3.40. The molecular formula is C30H49N3O5. The standard InChI is InChI=1S/C30H49N3O5/c1-9-13-21(7)32(18-12-4)28(37)25-30-15-14-29(8,38-30)23(26(35)31(16-10-2)17-11-3)24(30)27(36)33(25)22(19-34)20(5)6/h10,12,20-25,34H,2,4,9,11,13-19H2,1,3,5-8H3/t21?,22-,23-,24-,25?,29+,30?/m0/s1. The summed E-state index contributed by atoms with van der Waals surface area (Å²) >= 11 is 0. The highest BCUT2D eigenvalue weighted by Crippen LogP contribution is 2.64. The van der Waals surface area contributed by atoms with Gasteiger partial charge < -0.3 is 24.5 Å². The van der Waals surface area contributed by atoms with E-state index in [1.54, 1.807) is 26.9 Å². The fraction of sp³-hybridized carbons (Fsp3) is 0.767. The summed E-state index contributed by atoms with van der Waals surface area (Å²) in [6.07, 6.45) is 7.05. The van der Waals surface area contributed by atoms with E-state index in [0.717, 1.165) is 19.3 Å². The molecule has 214 valence electrons. The van der Waals surface area contributed by atoms with Gasteiger partial charge in [-0.1, -0.05) is 46.3 Å². The maximum absolute atomic E-state index is 14.5. The molecule has 7 atom stereocenters. The summed E-state index contributed by atoms with van der Waals surface area (Å²) in [5.41, 5.74) is -1.94. The first-order valence-electron chi connectivity index (χ1n) is 14.4. The molecule has 3 aliphatic rings. The molecule has 0 aromatic heterocycles. The molecule has 3 rings (SSSR count). The lowest BCUT2D eigenvalue weighted by Gasteiger charge is -2.42. The highest BCUT2D eigenvalue weighted by atomic mass is 16.5. The number of carbonyl (C=O) groups excluding carboxylic acids is 3. The van der Waals surface area contributed by atoms with E-state index in [-0.39, 0.29) is 36.3 Å². The van der Waals surface area contributed by atoms with Crippen molar-refractivity contribution in [3.8, 4) is 0 Å². The molecule has 1 N–H and O–H groups in total. The van der Waals surface area contributed by atoms with Crippen LogP contribution < -0.4 is 0 Å². The highest BCUT2D eigenvalue weighted by molar-refractivity contribution is 5.99. The number of rotatable bonds is 14. The number of hydrogen-bond donors (Lipinski definition) is 1. The second kappa shape index (κ2) is 11.9. The lowest BCUT2D eigenvalue weighted by Crippen LogP contribution is -2.60. The molecule has 3 fully saturated rings. The Morgan fingerprint density at radius 3 is 2.32 bits per heavy atom. The molecule has 3 saturated heterocycles. The van der Waals surface area contributed by atoms with Gasteiger partial charge in [-0.3, -0.25) is 14.4 Å². The molecule has 0 aliphatic carbocycles. The van der Waals surface area contributed by atoms with Crippen molar-refractivity contribution in [3.63, 3.8) is 0 Å². The van der Waals surface area contributed by atoms with Crippen LogP contribution in [0, 0.1) is 17.8 Å². The number of amides is 3. The predicted molar refractivity (Wildman–Crippen MR) is 148 cm³/mol. The molecule has 0 radical (unpaired) electrons. The van der Waals surface area contributed by atoms with Crippen LogP contribution in [0.5, 0.6) is 0 Å². The van der Waals surface area contributed by atoms with Gasteiger partial charge in [0.05, 0.1) is 30.1 Å². The molecule has 8 nitrogen and oxygen atoms in total. The van der Waals surface area contributed by atoms with Gasteiger partial charge in [-0.25, -0.2) is 0 Å². The SMILES string of the molecule is C=CCN(CCC)C(=O)[C@@H]1[C@H]2C(=O)N([C@@H](CO)C(C)C)C(C(=O)N(CC=C)C(C)CCC)C23CC[C@@]1(C)O3. The Kier molecular flexibility index (Phi) is 9.51. The quantitative estimate of drug-likeness (QED) is 0.347. The molecule has 3 aliphatic heterocycles. The van der Waals surface area contributed by atoms with E-state index in [0.29, 0.717) is 32.5 Å². The fourth-order valence-electron chi connectivity index (χ4n) is 7.27. The van der Waals surface area contributed by atoms with E-state index >= 15 is 0 Å². The maximum atomic E-state index is 14.5. The van der Waals surface area contributed by atoms with Crippen LogP contribution in [-0.4, -0.2) is 93.1 Å². The average Bonchev–Trinajstić information content (AvgIpc) is 3.43. The summed E-state index contributed by atoms with van der Waals surface area (Å²) in [4.78, 5) is 48.1. The Balaban J connectivity index is 2.16. The van der Waals surface area contributed by atoms with Gasteiger partial charge in [-0.05, 0) is 45.4 Å². The second-order valence-corrected chi connectivity index (χ2v) is 12.0. The summed E-state index contributed by atoms with van der Waals surface area (Å²) in [5.74, 6) is -2.11. The van der Waals surface area contributed by atoms with Crippen LogP contribution in [-0.2, 0) is 19.1 Å². The third kappa shape index (κ3) is 4.83. The summed E-state index contributed by atoms with van der Waals surface area (Å²) in [7, 11) is 0. The summed E-state index contributed by atoms with van der Waals surface area (Å²) in [6.45, 7) is 20.7. The van der Waals surface area contributed by atoms with Crippen LogP contribution in [0.15, 0.2) is 25.3 Å². The van der Waals surface area contributed by atoms with Gasteiger partial charge in [0.15, 0.2) is 0 Å². The number of likely N-dealkylation sites (tertiary alicyclic amines) is 1. The molecule has 0 saturated carbocycles. The first-order chi connectivity index (χ1) is 18.0. The third-order valence-electron chi connectivity index (χ3n) is 9.03. The van der Waals surface area contributed by atoms with Gasteiger partial charge in [0.2, 0.25) is 17.7 Å². The number of fused-ring (bicyclic) bond motifs is 1. The average molecular weight is 532 g/mol. The van der Waals surface area contributed by atoms with Crippen molar-refractivity contribution in [2.75, 3.05) is 26.2 Å². The number of carbonyl (C=O) groups is 3. The Bertz CT molecular complexity index is 922. The number of ether oxygens (including phenoxy) is 1. The van der Waals surface area contributed by atoms with Crippen molar-refractivity contribution in [3.05, 3.63) is 25.3 Å². The highest BCUT2D eigenvalue weighted by Gasteiger charge is 2.79. The topological polar surface area (TPSA) is 90.4 Å². The van der Waals surface area contributed by atoms with Gasteiger partial charge in [0.1, 0.15) is 11.6 Å². The molecule has 0 aromatic carbocycles. The van der Waals surface area contributed by atoms with Crippen LogP contribution in [0.3, 0.4) is 0 Å². The molecule has 3 unspecified atom stereocenters. The Morgan fingerprint density at radius 1 is 1.13 bits per heavy atom. The monoisotopic (exact) mass is 531 g/mol. The Morgan fingerprint density at radius 2 is 1.79 bits per heavy atom. The van der Waals surface area contributed by atoms with E-state index in [9.17, 15) is 19.5 Å². The van der Waals surface area contributed by atoms with E-state index in [1.807, 2.05) is 34.6 Å². The Hall–Kier alpha value is -2.19. The van der Waals surface area contributed by atoms with Crippen molar-refractivity contribution in [2.45, 2.75) is 103 Å². The minimum Gasteiger partial charge on any atom is -0.394 e. The first kappa shape index (κ1) is 30.4. The lowest BCUT2D eigenvalue weighted by atomic mass is 9.66. The molecule has 2 bridgehead atoms. The van der Waals surface area contributed by atoms with Gasteiger partial charge in [-0.15, -0.1) is 13.2 Å². The molecule has 3 heterocycles. The van der Waals surface area contributed by atoms with E-state index in [4.69, 9.17) is 4.74 Å². The van der Waals surface area contributed by atoms with Gasteiger partial charge in [0, 0.05) is 25.7 Å². The fourth-order valence-corrected chi connectivity index (χ4v) is 7.27. The zero-order valence-corrected chi connectivity index (χ0v) is 24.3. The van der Waals surface area contributed by atoms with Crippen molar-refractivity contribution in [1.82, 2.24) is 14.7 Å². The van der Waals surface area contributed by atoms with Crippen LogP contribution >= 0.6 is 0 Å². The molecule has 8 heteroatoms. The van der Waals surface area contributed by atoms with E-state index < -0.39 is 35.1 Å². The molecule has 38 heavy (non-hydrogen) atoms. The number of aliphatic hydroxyl groups is 1. The largest absolute Gasteiger partial charge is 0.394 e. The summed E-state index contributed by atoms with van der Waals surface area (Å²) in [6, 6.07) is -1.52. The van der Waals surface area contributed by atoms with E-state index in [1.165, 1.54) is 0 Å². The molecular weight excluding hydrogens is 482 g/mol. The zero-order valence-electron chi connectivity index (χ0n) is 24.3.